The van der Waals surface area contributed by atoms with Crippen LogP contribution in [0, 0.1) is 12.8 Å². The molecule has 2 heterocycles. The third-order valence-corrected chi connectivity index (χ3v) is 12.6. The molecule has 0 N–H and O–H groups in total. The van der Waals surface area contributed by atoms with E-state index in [9.17, 15) is 21.6 Å². The maximum atomic E-state index is 14.5. The Morgan fingerprint density at radius 3 is 1.77 bits per heavy atom. The van der Waals surface area contributed by atoms with Crippen LogP contribution in [0.3, 0.4) is 0 Å². The summed E-state index contributed by atoms with van der Waals surface area (Å²) in [5.41, 5.74) is 2.36. The number of aryl methyl sites for hydroxylation is 1. The molecule has 2 unspecified atom stereocenters. The molecule has 0 bridgehead atoms. The van der Waals surface area contributed by atoms with Gasteiger partial charge >= 0.3 is 0 Å². The zero-order chi connectivity index (χ0) is 30.4. The van der Waals surface area contributed by atoms with Crippen molar-refractivity contribution in [2.45, 2.75) is 47.7 Å². The maximum Gasteiger partial charge on any atom is 0.243 e. The number of hydrogen-bond acceptors (Lipinski definition) is 5. The lowest BCUT2D eigenvalue weighted by atomic mass is 9.77. The monoisotopic (exact) mass is 634 g/mol. The quantitative estimate of drug-likeness (QED) is 0.253. The zero-order valence-corrected chi connectivity index (χ0v) is 25.8. The van der Waals surface area contributed by atoms with Gasteiger partial charge in [0.1, 0.15) is 5.78 Å². The fourth-order valence-corrected chi connectivity index (χ4v) is 9.94. The highest BCUT2D eigenvalue weighted by atomic mass is 35.5. The molecule has 0 amide bonds. The van der Waals surface area contributed by atoms with Gasteiger partial charge in [-0.2, -0.15) is 8.61 Å². The van der Waals surface area contributed by atoms with Crippen molar-refractivity contribution in [3.05, 3.63) is 131 Å². The number of carbonyl (C=O) groups is 1. The van der Waals surface area contributed by atoms with Gasteiger partial charge in [-0.25, -0.2) is 16.8 Å². The average molecular weight is 635 g/mol. The summed E-state index contributed by atoms with van der Waals surface area (Å²) < 4.78 is 60.1. The van der Waals surface area contributed by atoms with Crippen LogP contribution in [0.4, 0.5) is 0 Å². The van der Waals surface area contributed by atoms with E-state index in [0.29, 0.717) is 10.6 Å². The van der Waals surface area contributed by atoms with Gasteiger partial charge in [-0.1, -0.05) is 90.0 Å². The lowest BCUT2D eigenvalue weighted by Gasteiger charge is -2.51. The second kappa shape index (κ2) is 11.6. The van der Waals surface area contributed by atoms with Crippen molar-refractivity contribution in [1.82, 2.24) is 8.61 Å². The fraction of sp³-hybridized carbons (Fsp3) is 0.242. The van der Waals surface area contributed by atoms with Gasteiger partial charge in [0.25, 0.3) is 0 Å². The van der Waals surface area contributed by atoms with Crippen LogP contribution in [-0.4, -0.2) is 43.8 Å². The van der Waals surface area contributed by atoms with Gasteiger partial charge in [0, 0.05) is 29.9 Å². The number of hydrogen-bond donors (Lipinski definition) is 0. The predicted octanol–water partition coefficient (Wildman–Crippen LogP) is 6.17. The lowest BCUT2D eigenvalue weighted by Crippen LogP contribution is -2.60. The Hall–Kier alpha value is -3.34. The molecule has 4 aromatic rings. The minimum absolute atomic E-state index is 0.0631. The second-order valence-corrected chi connectivity index (χ2v) is 15.3. The third-order valence-electron chi connectivity index (χ3n) is 8.48. The first kappa shape index (κ1) is 29.7. The Bertz CT molecular complexity index is 1830. The van der Waals surface area contributed by atoms with Crippen molar-refractivity contribution in [3.8, 4) is 0 Å². The van der Waals surface area contributed by atoms with Crippen molar-refractivity contribution in [1.29, 1.82) is 0 Å². The van der Waals surface area contributed by atoms with Crippen LogP contribution < -0.4 is 0 Å². The Kier molecular flexibility index (Phi) is 8.04. The van der Waals surface area contributed by atoms with Crippen LogP contribution in [0.5, 0.6) is 0 Å². The largest absolute Gasteiger partial charge is 0.299 e. The Morgan fingerprint density at radius 2 is 1.19 bits per heavy atom. The third kappa shape index (κ3) is 5.56. The summed E-state index contributed by atoms with van der Waals surface area (Å²) >= 11 is 6.09. The first-order chi connectivity index (χ1) is 20.6. The number of ketones is 1. The molecule has 7 nitrogen and oxygen atoms in total. The molecule has 0 aliphatic carbocycles. The van der Waals surface area contributed by atoms with Crippen LogP contribution >= 0.6 is 11.6 Å². The highest BCUT2D eigenvalue weighted by molar-refractivity contribution is 7.89. The molecule has 6 rings (SSSR count). The SMILES string of the molecule is Cc1ccc(S(=O)(=O)N2C[C@H]3C(=O)CC(c4ccccc4)N(S(=O)(=O)c4ccc(Cl)cc4)[C@H]3CC2c2ccccc2)cc1. The van der Waals surface area contributed by atoms with Gasteiger partial charge in [0.05, 0.1) is 21.9 Å². The molecule has 2 aliphatic heterocycles. The predicted molar refractivity (Wildman–Crippen MR) is 165 cm³/mol. The molecule has 222 valence electrons. The molecular formula is C33H31ClN2O5S2. The van der Waals surface area contributed by atoms with E-state index in [1.807, 2.05) is 67.6 Å². The molecule has 43 heavy (non-hydrogen) atoms. The highest BCUT2D eigenvalue weighted by Crippen LogP contribution is 2.48. The summed E-state index contributed by atoms with van der Waals surface area (Å²) in [7, 11) is -8.16. The molecule has 0 aromatic heterocycles. The Morgan fingerprint density at radius 1 is 0.674 bits per heavy atom. The number of benzene rings is 4. The van der Waals surface area contributed by atoms with Crippen LogP contribution in [-0.2, 0) is 24.8 Å². The number of halogens is 1. The van der Waals surface area contributed by atoms with Gasteiger partial charge in [-0.3, -0.25) is 4.79 Å². The molecule has 4 aromatic carbocycles. The number of carbonyl (C=O) groups excluding carboxylic acids is 1. The van der Waals surface area contributed by atoms with Crippen LogP contribution in [0.2, 0.25) is 5.02 Å². The van der Waals surface area contributed by atoms with E-state index in [2.05, 4.69) is 0 Å². The second-order valence-electron chi connectivity index (χ2n) is 11.1. The fourth-order valence-electron chi connectivity index (χ4n) is 6.32. The molecule has 2 fully saturated rings. The van der Waals surface area contributed by atoms with Crippen LogP contribution in [0.1, 0.15) is 41.6 Å². The average Bonchev–Trinajstić information content (AvgIpc) is 3.01. The van der Waals surface area contributed by atoms with E-state index in [1.165, 1.54) is 32.9 Å². The van der Waals surface area contributed by atoms with Gasteiger partial charge in [0.2, 0.25) is 20.0 Å². The number of Topliss-reactive ketones (excluding diaryl/α,β-unsaturated/α-hetero) is 1. The van der Waals surface area contributed by atoms with E-state index in [1.54, 1.807) is 24.3 Å². The maximum absolute atomic E-state index is 14.5. The van der Waals surface area contributed by atoms with Crippen molar-refractivity contribution in [3.63, 3.8) is 0 Å². The first-order valence-electron chi connectivity index (χ1n) is 14.1. The van der Waals surface area contributed by atoms with Crippen LogP contribution in [0.15, 0.2) is 119 Å². The summed E-state index contributed by atoms with van der Waals surface area (Å²) in [5.74, 6) is -1.00. The topological polar surface area (TPSA) is 91.8 Å². The summed E-state index contributed by atoms with van der Waals surface area (Å²) in [6.45, 7) is 1.75. The van der Waals surface area contributed by atoms with Gasteiger partial charge in [0.15, 0.2) is 0 Å². The van der Waals surface area contributed by atoms with Gasteiger partial charge in [-0.05, 0) is 60.9 Å². The number of rotatable bonds is 6. The minimum atomic E-state index is -4.13. The van der Waals surface area contributed by atoms with Crippen molar-refractivity contribution in [2.75, 3.05) is 6.54 Å². The summed E-state index contributed by atoms with van der Waals surface area (Å²) in [6, 6.07) is 28.8. The minimum Gasteiger partial charge on any atom is -0.299 e. The Labute approximate surface area is 257 Å². The smallest absolute Gasteiger partial charge is 0.243 e. The summed E-state index contributed by atoms with van der Waals surface area (Å²) in [6.07, 6.45) is 0.0497. The number of sulfonamides is 2. The Balaban J connectivity index is 1.50. The van der Waals surface area contributed by atoms with Gasteiger partial charge in [-0.15, -0.1) is 0 Å². The van der Waals surface area contributed by atoms with E-state index < -0.39 is 44.1 Å². The first-order valence-corrected chi connectivity index (χ1v) is 17.3. The van der Waals surface area contributed by atoms with Crippen LogP contribution in [0.25, 0.3) is 0 Å². The molecule has 4 atom stereocenters. The van der Waals surface area contributed by atoms with Crippen molar-refractivity contribution >= 4 is 37.4 Å². The standard InChI is InChI=1S/C33H31ClN2O5S2/c1-23-12-16-27(17-13-23)42(38,39)35-22-29-32(20-30(35)24-8-4-2-5-9-24)36(43(40,41)28-18-14-26(34)15-19-28)31(21-33(29)37)25-10-6-3-7-11-25/h2-19,29-32H,20-22H2,1H3/t29-,30?,31?,32+/m1/s1. The zero-order valence-electron chi connectivity index (χ0n) is 23.5. The molecule has 0 spiro atoms. The van der Waals surface area contributed by atoms with E-state index in [0.717, 1.165) is 11.1 Å². The lowest BCUT2D eigenvalue weighted by molar-refractivity contribution is -0.132. The number of nitrogens with zero attached hydrogens (tertiary/aromatic N) is 2. The normalized spacial score (nSPS) is 23.5. The van der Waals surface area contributed by atoms with E-state index >= 15 is 0 Å². The number of fused-ring (bicyclic) bond motifs is 1. The highest BCUT2D eigenvalue weighted by Gasteiger charge is 2.54. The molecule has 0 saturated carbocycles. The summed E-state index contributed by atoms with van der Waals surface area (Å²) in [4.78, 5) is 14.1. The molecule has 2 aliphatic rings. The van der Waals surface area contributed by atoms with Crippen molar-refractivity contribution in [2.24, 2.45) is 5.92 Å². The molecule has 2 saturated heterocycles. The number of piperidine rings is 2. The molecular weight excluding hydrogens is 604 g/mol. The van der Waals surface area contributed by atoms with Gasteiger partial charge < -0.3 is 0 Å². The molecule has 10 heteroatoms. The van der Waals surface area contributed by atoms with Crippen molar-refractivity contribution < 1.29 is 21.6 Å². The van der Waals surface area contributed by atoms with E-state index in [-0.39, 0.29) is 35.0 Å². The summed E-state index contributed by atoms with van der Waals surface area (Å²) in [5, 5.41) is 0.406. The molecule has 0 radical (unpaired) electrons. The van der Waals surface area contributed by atoms with E-state index in [4.69, 9.17) is 11.6 Å².